The van der Waals surface area contributed by atoms with E-state index in [1.807, 2.05) is 0 Å². The fraction of sp³-hybridized carbons (Fsp3) is 0.286. The highest BCUT2D eigenvalue weighted by molar-refractivity contribution is 6.33. The van der Waals surface area contributed by atoms with Crippen LogP contribution in [0.25, 0.3) is 0 Å². The molecule has 6 nitrogen and oxygen atoms in total. The first kappa shape index (κ1) is 17.2. The van der Waals surface area contributed by atoms with Gasteiger partial charge >= 0.3 is 11.9 Å². The molecule has 0 saturated carbocycles. The van der Waals surface area contributed by atoms with E-state index in [4.69, 9.17) is 16.3 Å². The van der Waals surface area contributed by atoms with Crippen molar-refractivity contribution in [3.63, 3.8) is 0 Å². The highest BCUT2D eigenvalue weighted by Crippen LogP contribution is 2.36. The Morgan fingerprint density at radius 3 is 2.39 bits per heavy atom. The van der Waals surface area contributed by atoms with E-state index >= 15 is 0 Å². The predicted octanol–water partition coefficient (Wildman–Crippen LogP) is 2.01. The van der Waals surface area contributed by atoms with Crippen molar-refractivity contribution in [1.29, 1.82) is 0 Å². The number of esters is 2. The molecule has 1 aliphatic heterocycles. The number of benzene rings is 1. The topological polar surface area (TPSA) is 65.1 Å². The van der Waals surface area contributed by atoms with Crippen LogP contribution in [0.5, 0.6) is 0 Å². The van der Waals surface area contributed by atoms with Gasteiger partial charge in [-0.05, 0) is 12.1 Å². The second kappa shape index (κ2) is 6.93. The van der Waals surface area contributed by atoms with E-state index in [2.05, 4.69) is 9.47 Å². The lowest BCUT2D eigenvalue weighted by Crippen LogP contribution is -2.39. The third-order valence-corrected chi connectivity index (χ3v) is 3.48. The summed E-state index contributed by atoms with van der Waals surface area (Å²) in [5.41, 5.74) is -0.949. The van der Waals surface area contributed by atoms with Crippen LogP contribution in [0.4, 0.5) is 14.5 Å². The number of anilines is 1. The van der Waals surface area contributed by atoms with E-state index < -0.39 is 34.3 Å². The third-order valence-electron chi connectivity index (χ3n) is 3.12. The first-order valence-electron chi connectivity index (χ1n) is 6.30. The van der Waals surface area contributed by atoms with Crippen molar-refractivity contribution >= 4 is 29.2 Å². The highest BCUT2D eigenvalue weighted by atomic mass is 35.5. The van der Waals surface area contributed by atoms with Crippen LogP contribution >= 0.6 is 11.6 Å². The number of halogens is 3. The first-order valence-corrected chi connectivity index (χ1v) is 6.68. The third kappa shape index (κ3) is 3.13. The van der Waals surface area contributed by atoms with Crippen molar-refractivity contribution in [2.24, 2.45) is 0 Å². The van der Waals surface area contributed by atoms with Crippen LogP contribution in [-0.2, 0) is 23.8 Å². The molecular formula is C14H12ClF2NO5. The normalized spacial score (nSPS) is 14.7. The smallest absolute Gasteiger partial charge is 0.355 e. The zero-order valence-electron chi connectivity index (χ0n) is 12.2. The lowest BCUT2D eigenvalue weighted by molar-refractivity contribution is -0.140. The molecule has 1 aliphatic rings. The van der Waals surface area contributed by atoms with Gasteiger partial charge < -0.3 is 19.1 Å². The SMILES string of the molecule is COC(=O)C1=C(C(=O)OC)N(c2c(F)ccc(F)c2Cl)COC1. The summed E-state index contributed by atoms with van der Waals surface area (Å²) in [5.74, 6) is -3.58. The Labute approximate surface area is 135 Å². The average Bonchev–Trinajstić information content (AvgIpc) is 2.56. The summed E-state index contributed by atoms with van der Waals surface area (Å²) in [6.07, 6.45) is 0. The van der Waals surface area contributed by atoms with Gasteiger partial charge in [0.05, 0.1) is 26.4 Å². The molecular weight excluding hydrogens is 336 g/mol. The van der Waals surface area contributed by atoms with Crippen LogP contribution < -0.4 is 4.90 Å². The lowest BCUT2D eigenvalue weighted by atomic mass is 10.1. The van der Waals surface area contributed by atoms with Gasteiger partial charge in [-0.15, -0.1) is 0 Å². The number of ether oxygens (including phenoxy) is 3. The molecule has 0 aliphatic carbocycles. The minimum absolute atomic E-state index is 0.190. The Balaban J connectivity index is 2.68. The summed E-state index contributed by atoms with van der Waals surface area (Å²) in [6.45, 7) is -0.576. The van der Waals surface area contributed by atoms with Crippen molar-refractivity contribution in [2.75, 3.05) is 32.5 Å². The van der Waals surface area contributed by atoms with Gasteiger partial charge in [-0.3, -0.25) is 0 Å². The number of carbonyl (C=O) groups is 2. The monoisotopic (exact) mass is 347 g/mol. The molecule has 0 spiro atoms. The highest BCUT2D eigenvalue weighted by Gasteiger charge is 2.35. The second-order valence-electron chi connectivity index (χ2n) is 4.41. The van der Waals surface area contributed by atoms with E-state index in [0.29, 0.717) is 0 Å². The molecule has 124 valence electrons. The molecule has 1 heterocycles. The number of hydrogen-bond donors (Lipinski definition) is 0. The maximum Gasteiger partial charge on any atom is 0.355 e. The number of rotatable bonds is 3. The maximum absolute atomic E-state index is 14.1. The van der Waals surface area contributed by atoms with Crippen LogP contribution in [0, 0.1) is 11.6 Å². The Morgan fingerprint density at radius 1 is 1.17 bits per heavy atom. The number of hydrogen-bond acceptors (Lipinski definition) is 6. The number of carbonyl (C=O) groups excluding carboxylic acids is 2. The molecule has 0 aromatic heterocycles. The van der Waals surface area contributed by atoms with Crippen LogP contribution in [-0.4, -0.2) is 39.5 Å². The Bertz CT molecular complexity index is 692. The molecule has 0 unspecified atom stereocenters. The molecule has 0 fully saturated rings. The lowest BCUT2D eigenvalue weighted by Gasteiger charge is -2.32. The predicted molar refractivity (Wildman–Crippen MR) is 75.7 cm³/mol. The van der Waals surface area contributed by atoms with Crippen molar-refractivity contribution < 1.29 is 32.6 Å². The maximum atomic E-state index is 14.1. The standard InChI is InChI=1S/C14H12ClF2NO5/c1-21-13(19)7-5-23-6-18(11(7)14(20)22-2)12-9(17)4-3-8(16)10(12)15/h3-4H,5-6H2,1-2H3. The largest absolute Gasteiger partial charge is 0.466 e. The van der Waals surface area contributed by atoms with Gasteiger partial charge in [-0.25, -0.2) is 18.4 Å². The van der Waals surface area contributed by atoms with Crippen LogP contribution in [0.2, 0.25) is 5.02 Å². The molecule has 0 amide bonds. The minimum Gasteiger partial charge on any atom is -0.466 e. The van der Waals surface area contributed by atoms with E-state index in [1.165, 1.54) is 0 Å². The van der Waals surface area contributed by atoms with Crippen LogP contribution in [0.3, 0.4) is 0 Å². The van der Waals surface area contributed by atoms with Gasteiger partial charge in [-0.2, -0.15) is 0 Å². The fourth-order valence-electron chi connectivity index (χ4n) is 2.08. The quantitative estimate of drug-likeness (QED) is 0.615. The van der Waals surface area contributed by atoms with Gasteiger partial charge in [0.1, 0.15) is 34.8 Å². The Kier molecular flexibility index (Phi) is 5.17. The van der Waals surface area contributed by atoms with E-state index in [0.717, 1.165) is 31.3 Å². The Hall–Kier alpha value is -2.19. The summed E-state index contributed by atoms with van der Waals surface area (Å²) in [6, 6.07) is 1.69. The summed E-state index contributed by atoms with van der Waals surface area (Å²) in [7, 11) is 2.19. The van der Waals surface area contributed by atoms with Gasteiger partial charge in [0, 0.05) is 0 Å². The van der Waals surface area contributed by atoms with Crippen molar-refractivity contribution in [3.05, 3.63) is 40.1 Å². The minimum atomic E-state index is -0.937. The Morgan fingerprint density at radius 2 is 1.78 bits per heavy atom. The molecule has 0 bridgehead atoms. The molecule has 0 atom stereocenters. The number of nitrogens with zero attached hydrogens (tertiary/aromatic N) is 1. The molecule has 1 aromatic carbocycles. The van der Waals surface area contributed by atoms with Gasteiger partial charge in [0.2, 0.25) is 0 Å². The molecule has 23 heavy (non-hydrogen) atoms. The van der Waals surface area contributed by atoms with E-state index in [1.54, 1.807) is 0 Å². The molecule has 9 heteroatoms. The van der Waals surface area contributed by atoms with E-state index in [9.17, 15) is 18.4 Å². The zero-order valence-corrected chi connectivity index (χ0v) is 12.9. The summed E-state index contributed by atoms with van der Waals surface area (Å²) >= 11 is 5.80. The van der Waals surface area contributed by atoms with E-state index in [-0.39, 0.29) is 24.6 Å². The summed E-state index contributed by atoms with van der Waals surface area (Å²) < 4.78 is 42.1. The molecule has 0 N–H and O–H groups in total. The molecule has 0 radical (unpaired) electrons. The summed E-state index contributed by atoms with van der Waals surface area (Å²) in [4.78, 5) is 24.8. The van der Waals surface area contributed by atoms with Gasteiger partial charge in [0.15, 0.2) is 0 Å². The van der Waals surface area contributed by atoms with Crippen molar-refractivity contribution in [2.45, 2.75) is 0 Å². The number of methoxy groups -OCH3 is 2. The second-order valence-corrected chi connectivity index (χ2v) is 4.79. The van der Waals surface area contributed by atoms with Crippen molar-refractivity contribution in [1.82, 2.24) is 0 Å². The van der Waals surface area contributed by atoms with Gasteiger partial charge in [0.25, 0.3) is 0 Å². The fourth-order valence-corrected chi connectivity index (χ4v) is 2.34. The average molecular weight is 348 g/mol. The summed E-state index contributed by atoms with van der Waals surface area (Å²) in [5, 5.41) is -0.555. The molecule has 0 saturated heterocycles. The van der Waals surface area contributed by atoms with Crippen molar-refractivity contribution in [3.8, 4) is 0 Å². The van der Waals surface area contributed by atoms with Crippen LogP contribution in [0.1, 0.15) is 0 Å². The zero-order chi connectivity index (χ0) is 17.1. The first-order chi connectivity index (χ1) is 10.9. The molecule has 2 rings (SSSR count). The van der Waals surface area contributed by atoms with Crippen LogP contribution in [0.15, 0.2) is 23.4 Å². The molecule has 1 aromatic rings. The van der Waals surface area contributed by atoms with Gasteiger partial charge in [-0.1, -0.05) is 11.6 Å².